The highest BCUT2D eigenvalue weighted by molar-refractivity contribution is 6.03. The lowest BCUT2D eigenvalue weighted by molar-refractivity contribution is 0.102. The summed E-state index contributed by atoms with van der Waals surface area (Å²) in [6.07, 6.45) is 2.90. The molecule has 23 heavy (non-hydrogen) atoms. The maximum atomic E-state index is 12.3. The summed E-state index contributed by atoms with van der Waals surface area (Å²) >= 11 is 0. The van der Waals surface area contributed by atoms with Crippen LogP contribution in [0.15, 0.2) is 43.0 Å². The minimum absolute atomic E-state index is 0.192. The van der Waals surface area contributed by atoms with Gasteiger partial charge in [0.15, 0.2) is 11.5 Å². The van der Waals surface area contributed by atoms with E-state index in [0.29, 0.717) is 17.3 Å². The van der Waals surface area contributed by atoms with Crippen molar-refractivity contribution < 1.29 is 9.53 Å². The van der Waals surface area contributed by atoms with E-state index >= 15 is 0 Å². The second-order valence-electron chi connectivity index (χ2n) is 4.77. The van der Waals surface area contributed by atoms with Crippen molar-refractivity contribution in [3.63, 3.8) is 0 Å². The van der Waals surface area contributed by atoms with Crippen LogP contribution < -0.4 is 10.1 Å². The van der Waals surface area contributed by atoms with E-state index in [1.165, 1.54) is 17.3 Å². The average Bonchev–Trinajstić information content (AvgIpc) is 3.10. The zero-order valence-corrected chi connectivity index (χ0v) is 12.6. The molecule has 8 heteroatoms. The summed E-state index contributed by atoms with van der Waals surface area (Å²) in [5.41, 5.74) is 1.78. The van der Waals surface area contributed by atoms with Crippen LogP contribution in [0.1, 0.15) is 16.1 Å². The molecule has 0 bridgehead atoms. The molecule has 0 atom stereocenters. The number of methoxy groups -OCH3 is 1. The third-order valence-corrected chi connectivity index (χ3v) is 3.14. The number of anilines is 1. The van der Waals surface area contributed by atoms with Crippen molar-refractivity contribution in [3.05, 3.63) is 54.2 Å². The monoisotopic (exact) mass is 310 g/mol. The maximum Gasteiger partial charge on any atom is 0.276 e. The lowest BCUT2D eigenvalue weighted by Gasteiger charge is -2.10. The van der Waals surface area contributed by atoms with Crippen LogP contribution in [0.5, 0.6) is 5.75 Å². The molecule has 0 saturated carbocycles. The average molecular weight is 310 g/mol. The number of nitrogens with one attached hydrogen (secondary N) is 1. The Bertz CT molecular complexity index is 814. The first-order chi connectivity index (χ1) is 11.2. The van der Waals surface area contributed by atoms with Crippen LogP contribution in [0, 0.1) is 6.92 Å². The number of benzene rings is 1. The summed E-state index contributed by atoms with van der Waals surface area (Å²) in [5.74, 6) is 0.690. The Hall–Kier alpha value is -3.29. The molecular weight excluding hydrogens is 296 g/mol. The van der Waals surface area contributed by atoms with Gasteiger partial charge in [0.05, 0.1) is 12.8 Å². The van der Waals surface area contributed by atoms with Gasteiger partial charge in [-0.15, -0.1) is 10.2 Å². The number of carbonyl (C=O) groups is 1. The lowest BCUT2D eigenvalue weighted by Crippen LogP contribution is -2.15. The topological polar surface area (TPSA) is 94.8 Å². The largest absolute Gasteiger partial charge is 0.495 e. The SMILES string of the molecule is COc1ccc(C)cc1NC(=O)c1ccc(-n2cncn2)nn1. The van der Waals surface area contributed by atoms with E-state index in [4.69, 9.17) is 4.74 Å². The zero-order chi connectivity index (χ0) is 16.2. The third-order valence-electron chi connectivity index (χ3n) is 3.14. The Morgan fingerprint density at radius 2 is 2.09 bits per heavy atom. The molecule has 1 N–H and O–H groups in total. The summed E-state index contributed by atoms with van der Waals surface area (Å²) in [6, 6.07) is 8.74. The third kappa shape index (κ3) is 3.15. The van der Waals surface area contributed by atoms with Gasteiger partial charge in [-0.05, 0) is 36.8 Å². The molecule has 8 nitrogen and oxygen atoms in total. The van der Waals surface area contributed by atoms with E-state index in [-0.39, 0.29) is 11.6 Å². The minimum Gasteiger partial charge on any atom is -0.495 e. The summed E-state index contributed by atoms with van der Waals surface area (Å²) in [5, 5.41) is 14.6. The van der Waals surface area contributed by atoms with Crippen LogP contribution in [-0.2, 0) is 0 Å². The highest BCUT2D eigenvalue weighted by Gasteiger charge is 2.12. The second kappa shape index (κ2) is 6.22. The molecule has 3 rings (SSSR count). The predicted octanol–water partition coefficient (Wildman–Crippen LogP) is 1.63. The van der Waals surface area contributed by atoms with Gasteiger partial charge in [-0.3, -0.25) is 4.79 Å². The molecule has 2 heterocycles. The molecule has 0 radical (unpaired) electrons. The van der Waals surface area contributed by atoms with Gasteiger partial charge in [0.1, 0.15) is 18.4 Å². The number of hydrogen-bond donors (Lipinski definition) is 1. The summed E-state index contributed by atoms with van der Waals surface area (Å²) < 4.78 is 6.69. The maximum absolute atomic E-state index is 12.3. The van der Waals surface area contributed by atoms with Crippen LogP contribution in [-0.4, -0.2) is 38.0 Å². The van der Waals surface area contributed by atoms with Crippen molar-refractivity contribution in [1.82, 2.24) is 25.0 Å². The summed E-state index contributed by atoms with van der Waals surface area (Å²) in [4.78, 5) is 16.1. The molecule has 0 aliphatic carbocycles. The van der Waals surface area contributed by atoms with Gasteiger partial charge in [0.2, 0.25) is 0 Å². The Morgan fingerprint density at radius 1 is 1.22 bits per heavy atom. The van der Waals surface area contributed by atoms with Gasteiger partial charge >= 0.3 is 0 Å². The van der Waals surface area contributed by atoms with Crippen molar-refractivity contribution in [2.75, 3.05) is 12.4 Å². The van der Waals surface area contributed by atoms with Crippen LogP contribution in [0.3, 0.4) is 0 Å². The highest BCUT2D eigenvalue weighted by Crippen LogP contribution is 2.25. The normalized spacial score (nSPS) is 10.3. The molecule has 0 unspecified atom stereocenters. The molecule has 1 aromatic carbocycles. The number of rotatable bonds is 4. The van der Waals surface area contributed by atoms with Gasteiger partial charge < -0.3 is 10.1 Å². The Kier molecular flexibility index (Phi) is 3.96. The fourth-order valence-corrected chi connectivity index (χ4v) is 2.00. The Balaban J connectivity index is 1.80. The molecule has 0 aliphatic heterocycles. The van der Waals surface area contributed by atoms with Gasteiger partial charge in [-0.25, -0.2) is 9.67 Å². The van der Waals surface area contributed by atoms with E-state index in [2.05, 4.69) is 25.6 Å². The molecule has 0 fully saturated rings. The quantitative estimate of drug-likeness (QED) is 0.787. The van der Waals surface area contributed by atoms with Crippen LogP contribution in [0.2, 0.25) is 0 Å². The molecule has 0 aliphatic rings. The van der Waals surface area contributed by atoms with Crippen molar-refractivity contribution in [1.29, 1.82) is 0 Å². The highest BCUT2D eigenvalue weighted by atomic mass is 16.5. The smallest absolute Gasteiger partial charge is 0.276 e. The number of aryl methyl sites for hydroxylation is 1. The van der Waals surface area contributed by atoms with Gasteiger partial charge in [0.25, 0.3) is 5.91 Å². The van der Waals surface area contributed by atoms with E-state index < -0.39 is 0 Å². The van der Waals surface area contributed by atoms with Gasteiger partial charge in [-0.2, -0.15) is 5.10 Å². The molecule has 3 aromatic rings. The number of carbonyl (C=O) groups excluding carboxylic acids is 1. The predicted molar refractivity (Wildman–Crippen MR) is 82.6 cm³/mol. The molecular formula is C15H14N6O2. The molecule has 0 saturated heterocycles. The number of nitrogens with zero attached hydrogens (tertiary/aromatic N) is 5. The minimum atomic E-state index is -0.369. The number of hydrogen-bond acceptors (Lipinski definition) is 6. The van der Waals surface area contributed by atoms with E-state index in [9.17, 15) is 4.79 Å². The van der Waals surface area contributed by atoms with Crippen LogP contribution in [0.25, 0.3) is 5.82 Å². The number of ether oxygens (including phenoxy) is 1. The number of amides is 1. The van der Waals surface area contributed by atoms with Crippen LogP contribution >= 0.6 is 0 Å². The van der Waals surface area contributed by atoms with Gasteiger partial charge in [0, 0.05) is 0 Å². The lowest BCUT2D eigenvalue weighted by atomic mass is 10.2. The van der Waals surface area contributed by atoms with Crippen molar-refractivity contribution in [2.24, 2.45) is 0 Å². The first-order valence-electron chi connectivity index (χ1n) is 6.82. The van der Waals surface area contributed by atoms with Gasteiger partial charge in [-0.1, -0.05) is 6.07 Å². The first-order valence-corrected chi connectivity index (χ1v) is 6.82. The van der Waals surface area contributed by atoms with E-state index in [1.54, 1.807) is 25.3 Å². The Labute approximate surface area is 132 Å². The first kappa shape index (κ1) is 14.6. The second-order valence-corrected chi connectivity index (χ2v) is 4.77. The van der Waals surface area contributed by atoms with E-state index in [1.807, 2.05) is 19.1 Å². The van der Waals surface area contributed by atoms with Crippen molar-refractivity contribution in [3.8, 4) is 11.6 Å². The summed E-state index contributed by atoms with van der Waals surface area (Å²) in [6.45, 7) is 1.93. The summed E-state index contributed by atoms with van der Waals surface area (Å²) in [7, 11) is 1.55. The van der Waals surface area contributed by atoms with Crippen LogP contribution in [0.4, 0.5) is 5.69 Å². The standard InChI is InChI=1S/C15H14N6O2/c1-10-3-5-13(23-2)12(7-10)18-15(22)11-4-6-14(20-19-11)21-9-16-8-17-21/h3-9H,1-2H3,(H,18,22). The fourth-order valence-electron chi connectivity index (χ4n) is 2.00. The number of aromatic nitrogens is 5. The van der Waals surface area contributed by atoms with Crippen molar-refractivity contribution >= 4 is 11.6 Å². The van der Waals surface area contributed by atoms with Crippen molar-refractivity contribution in [2.45, 2.75) is 6.92 Å². The molecule has 116 valence electrons. The fraction of sp³-hybridized carbons (Fsp3) is 0.133. The molecule has 2 aromatic heterocycles. The van der Waals surface area contributed by atoms with E-state index in [0.717, 1.165) is 5.56 Å². The Morgan fingerprint density at radius 3 is 2.74 bits per heavy atom. The molecule has 1 amide bonds. The zero-order valence-electron chi connectivity index (χ0n) is 12.6. The molecule has 0 spiro atoms.